The largest absolute Gasteiger partial charge is 0.457 e. The standard InChI is InChI=1S/C40H48N4O2/c1-2-6-38-37(5-1)41-25-29-9-17-33(18-10-29)45-35-21-13-31(14-22-35)27-43-39-7-3-4-8-40(39)44-28-32-15-23-36(24-16-32)46-34-19-11-30(12-20-34)26-42-38/h9-24,37-44H,1-8,25-28H2/t37-,38-,39-,40-/m1/s1. The molecule has 0 radical (unpaired) electrons. The fourth-order valence-corrected chi connectivity index (χ4v) is 7.21. The molecule has 10 heterocycles. The highest BCUT2D eigenvalue weighted by molar-refractivity contribution is 5.36. The minimum Gasteiger partial charge on any atom is -0.457 e. The van der Waals surface area contributed by atoms with Crippen LogP contribution in [0.25, 0.3) is 0 Å². The van der Waals surface area contributed by atoms with Gasteiger partial charge in [0.1, 0.15) is 23.0 Å². The van der Waals surface area contributed by atoms with Gasteiger partial charge in [-0.05, 0) is 96.5 Å². The van der Waals surface area contributed by atoms with Crippen molar-refractivity contribution in [2.75, 3.05) is 0 Å². The minimum atomic E-state index is 0.461. The van der Waals surface area contributed by atoms with E-state index in [1.165, 1.54) is 73.6 Å². The van der Waals surface area contributed by atoms with E-state index in [1.807, 2.05) is 0 Å². The van der Waals surface area contributed by atoms with Crippen molar-refractivity contribution in [1.82, 2.24) is 21.3 Å². The van der Waals surface area contributed by atoms with E-state index in [0.29, 0.717) is 24.2 Å². The zero-order valence-electron chi connectivity index (χ0n) is 26.8. The molecule has 16 rings (SSSR count). The highest BCUT2D eigenvalue weighted by atomic mass is 16.5. The van der Waals surface area contributed by atoms with E-state index >= 15 is 0 Å². The molecule has 0 spiro atoms. The highest BCUT2D eigenvalue weighted by Gasteiger charge is 2.25. The molecular formula is C40H48N4O2. The molecule has 6 nitrogen and oxygen atoms in total. The number of rotatable bonds is 0. The van der Waals surface area contributed by atoms with E-state index in [9.17, 15) is 0 Å². The predicted octanol–water partition coefficient (Wildman–Crippen LogP) is 7.97. The van der Waals surface area contributed by atoms with Crippen molar-refractivity contribution in [3.63, 3.8) is 0 Å². The molecule has 2 saturated carbocycles. The first-order valence-corrected chi connectivity index (χ1v) is 17.4. The molecule has 0 aromatic heterocycles. The molecule has 12 aliphatic rings. The summed E-state index contributed by atoms with van der Waals surface area (Å²) < 4.78 is 12.4. The second kappa shape index (κ2) is 15.3. The number of hydrogen-bond donors (Lipinski definition) is 4. The first-order chi connectivity index (χ1) is 22.7. The zero-order chi connectivity index (χ0) is 31.0. The Balaban J connectivity index is 1.06. The van der Waals surface area contributed by atoms with Gasteiger partial charge in [-0.3, -0.25) is 0 Å². The van der Waals surface area contributed by atoms with Gasteiger partial charge in [-0.1, -0.05) is 74.2 Å². The maximum Gasteiger partial charge on any atom is 0.127 e. The molecule has 240 valence electrons. The molecular weight excluding hydrogens is 568 g/mol. The Hall–Kier alpha value is -3.68. The van der Waals surface area contributed by atoms with Gasteiger partial charge < -0.3 is 30.7 Å². The van der Waals surface area contributed by atoms with Gasteiger partial charge in [0.25, 0.3) is 0 Å². The summed E-state index contributed by atoms with van der Waals surface area (Å²) in [7, 11) is 0. The van der Waals surface area contributed by atoms with Crippen molar-refractivity contribution in [2.45, 2.75) is 102 Å². The van der Waals surface area contributed by atoms with Crippen molar-refractivity contribution >= 4 is 0 Å². The molecule has 4 N–H and O–H groups in total. The second-order valence-corrected chi connectivity index (χ2v) is 13.3. The van der Waals surface area contributed by atoms with E-state index in [0.717, 1.165) is 49.2 Å². The van der Waals surface area contributed by atoms with Crippen LogP contribution in [-0.2, 0) is 26.2 Å². The molecule has 46 heavy (non-hydrogen) atoms. The molecule has 4 aromatic carbocycles. The number of benzene rings is 4. The van der Waals surface area contributed by atoms with Crippen molar-refractivity contribution in [2.24, 2.45) is 0 Å². The zero-order valence-corrected chi connectivity index (χ0v) is 26.8. The summed E-state index contributed by atoms with van der Waals surface area (Å²) in [4.78, 5) is 0. The fourth-order valence-electron chi connectivity index (χ4n) is 7.21. The predicted molar refractivity (Wildman–Crippen MR) is 185 cm³/mol. The van der Waals surface area contributed by atoms with E-state index < -0.39 is 0 Å². The van der Waals surface area contributed by atoms with Crippen LogP contribution in [0.1, 0.15) is 73.6 Å². The van der Waals surface area contributed by atoms with Crippen LogP contribution < -0.4 is 30.7 Å². The lowest BCUT2D eigenvalue weighted by Crippen LogP contribution is -2.49. The fraction of sp³-hybridized carbons (Fsp3) is 0.400. The van der Waals surface area contributed by atoms with Crippen LogP contribution in [0, 0.1) is 0 Å². The van der Waals surface area contributed by atoms with Crippen LogP contribution in [-0.4, -0.2) is 24.2 Å². The highest BCUT2D eigenvalue weighted by Crippen LogP contribution is 2.26. The Morgan fingerprint density at radius 3 is 0.761 bits per heavy atom. The van der Waals surface area contributed by atoms with Gasteiger partial charge in [-0.25, -0.2) is 0 Å². The van der Waals surface area contributed by atoms with E-state index in [1.54, 1.807) is 0 Å². The van der Waals surface area contributed by atoms with Crippen molar-refractivity contribution in [3.8, 4) is 23.0 Å². The third-order valence-corrected chi connectivity index (χ3v) is 9.97. The van der Waals surface area contributed by atoms with Gasteiger partial charge in [-0.2, -0.15) is 0 Å². The molecule has 0 amide bonds. The average molecular weight is 617 g/mol. The minimum absolute atomic E-state index is 0.461. The van der Waals surface area contributed by atoms with Crippen LogP contribution in [0.4, 0.5) is 0 Å². The first kappa shape index (κ1) is 30.9. The van der Waals surface area contributed by atoms with Crippen LogP contribution in [0.5, 0.6) is 23.0 Å². The monoisotopic (exact) mass is 616 g/mol. The third-order valence-electron chi connectivity index (χ3n) is 9.97. The summed E-state index contributed by atoms with van der Waals surface area (Å²) >= 11 is 0. The lowest BCUT2D eigenvalue weighted by molar-refractivity contribution is 0.281. The smallest absolute Gasteiger partial charge is 0.127 e. The first-order valence-electron chi connectivity index (χ1n) is 17.4. The summed E-state index contributed by atoms with van der Waals surface area (Å²) in [5.74, 6) is 3.48. The Morgan fingerprint density at radius 1 is 0.326 bits per heavy atom. The third kappa shape index (κ3) is 8.37. The van der Waals surface area contributed by atoms with E-state index in [2.05, 4.69) is 118 Å². The van der Waals surface area contributed by atoms with Crippen molar-refractivity contribution < 1.29 is 9.47 Å². The van der Waals surface area contributed by atoms with Crippen molar-refractivity contribution in [3.05, 3.63) is 119 Å². The number of ether oxygens (including phenoxy) is 2. The molecule has 2 aliphatic carbocycles. The molecule has 0 unspecified atom stereocenters. The lowest BCUT2D eigenvalue weighted by atomic mass is 9.90. The summed E-state index contributed by atoms with van der Waals surface area (Å²) in [5, 5.41) is 15.4. The van der Waals surface area contributed by atoms with Crippen LogP contribution >= 0.6 is 0 Å². The van der Waals surface area contributed by atoms with Gasteiger partial charge in [0, 0.05) is 50.3 Å². The topological polar surface area (TPSA) is 66.6 Å². The summed E-state index contributed by atoms with van der Waals surface area (Å²) in [6, 6.07) is 35.9. The van der Waals surface area contributed by atoms with Crippen LogP contribution in [0.2, 0.25) is 0 Å². The van der Waals surface area contributed by atoms with Crippen molar-refractivity contribution in [1.29, 1.82) is 0 Å². The molecule has 4 atom stereocenters. The van der Waals surface area contributed by atoms with Gasteiger partial charge in [0.2, 0.25) is 0 Å². The van der Waals surface area contributed by atoms with Crippen LogP contribution in [0.15, 0.2) is 97.1 Å². The molecule has 2 fully saturated rings. The molecule has 6 heteroatoms. The SMILES string of the molecule is c1cc2ccc1CN[C@@H]1CCCC[C@H]1NCc1ccc(cc1)Oc1ccc(cc1)CN[C@@H]1CCCC[C@H]1NCc1ccc(cc1)O2. The van der Waals surface area contributed by atoms with Gasteiger partial charge in [0.15, 0.2) is 0 Å². The Labute approximate surface area is 274 Å². The molecule has 8 bridgehead atoms. The van der Waals surface area contributed by atoms with Gasteiger partial charge >= 0.3 is 0 Å². The van der Waals surface area contributed by atoms with Gasteiger partial charge in [0.05, 0.1) is 0 Å². The number of hydrogen-bond acceptors (Lipinski definition) is 6. The Bertz CT molecular complexity index is 1270. The van der Waals surface area contributed by atoms with E-state index in [4.69, 9.17) is 9.47 Å². The van der Waals surface area contributed by atoms with E-state index in [-0.39, 0.29) is 0 Å². The molecule has 10 aliphatic heterocycles. The maximum atomic E-state index is 6.20. The molecule has 4 aromatic rings. The summed E-state index contributed by atoms with van der Waals surface area (Å²) in [6.07, 6.45) is 9.93. The summed E-state index contributed by atoms with van der Waals surface area (Å²) in [6.45, 7) is 3.43. The quantitative estimate of drug-likeness (QED) is 0.161. The summed E-state index contributed by atoms with van der Waals surface area (Å²) in [5.41, 5.74) is 5.11. The van der Waals surface area contributed by atoms with Crippen LogP contribution in [0.3, 0.4) is 0 Å². The normalized spacial score (nSPS) is 24.3. The van der Waals surface area contributed by atoms with Gasteiger partial charge in [-0.15, -0.1) is 0 Å². The second-order valence-electron chi connectivity index (χ2n) is 13.3. The maximum absolute atomic E-state index is 6.20. The average Bonchev–Trinajstić information content (AvgIpc) is 3.11. The Morgan fingerprint density at radius 2 is 0.543 bits per heavy atom. The molecule has 0 saturated heterocycles. The number of nitrogens with one attached hydrogen (secondary N) is 4. The lowest BCUT2D eigenvalue weighted by Gasteiger charge is -2.33. The Kier molecular flexibility index (Phi) is 10.3.